The van der Waals surface area contributed by atoms with E-state index in [0.717, 1.165) is 36.1 Å². The Kier molecular flexibility index (Phi) is 2.97. The van der Waals surface area contributed by atoms with Crippen LogP contribution in [-0.4, -0.2) is 0 Å². The van der Waals surface area contributed by atoms with E-state index in [1.807, 2.05) is 18.2 Å². The minimum atomic E-state index is -0.809. The maximum Gasteiger partial charge on any atom is 0.159 e. The third kappa shape index (κ3) is 2.06. The van der Waals surface area contributed by atoms with Crippen molar-refractivity contribution in [3.8, 4) is 0 Å². The van der Waals surface area contributed by atoms with Crippen LogP contribution in [0.25, 0.3) is 41.7 Å². The van der Waals surface area contributed by atoms with Gasteiger partial charge < -0.3 is 0 Å². The zero-order chi connectivity index (χ0) is 16.4. The van der Waals surface area contributed by atoms with Gasteiger partial charge in [0.1, 0.15) is 0 Å². The van der Waals surface area contributed by atoms with Crippen LogP contribution in [0.4, 0.5) is 8.78 Å². The Morgan fingerprint density at radius 2 is 1.17 bits per heavy atom. The molecule has 0 saturated heterocycles. The summed E-state index contributed by atoms with van der Waals surface area (Å²) < 4.78 is 30.4. The molecular formula is C20H9BrF2S. The van der Waals surface area contributed by atoms with Crippen LogP contribution in [0.2, 0.25) is 0 Å². The predicted molar refractivity (Wildman–Crippen MR) is 102 cm³/mol. The van der Waals surface area contributed by atoms with Gasteiger partial charge in [0, 0.05) is 24.6 Å². The van der Waals surface area contributed by atoms with Crippen LogP contribution in [0.3, 0.4) is 0 Å². The molecule has 4 aromatic carbocycles. The second kappa shape index (κ2) is 4.98. The molecule has 0 saturated carbocycles. The van der Waals surface area contributed by atoms with E-state index >= 15 is 0 Å². The largest absolute Gasteiger partial charge is 0.204 e. The van der Waals surface area contributed by atoms with Crippen LogP contribution in [-0.2, 0) is 0 Å². The number of fused-ring (bicyclic) bond motifs is 5. The van der Waals surface area contributed by atoms with Crippen molar-refractivity contribution >= 4 is 69.0 Å². The normalized spacial score (nSPS) is 12.0. The second-order valence-corrected chi connectivity index (χ2v) is 7.90. The van der Waals surface area contributed by atoms with Gasteiger partial charge in [0.15, 0.2) is 11.6 Å². The number of hydrogen-bond donors (Lipinski definition) is 0. The number of benzene rings is 4. The minimum Gasteiger partial charge on any atom is -0.204 e. The van der Waals surface area contributed by atoms with Gasteiger partial charge in [0.2, 0.25) is 0 Å². The molecule has 0 nitrogen and oxygen atoms in total. The molecule has 5 aromatic rings. The average Bonchev–Trinajstić information content (AvgIpc) is 2.88. The van der Waals surface area contributed by atoms with E-state index in [-0.39, 0.29) is 0 Å². The molecule has 0 unspecified atom stereocenters. The van der Waals surface area contributed by atoms with E-state index in [4.69, 9.17) is 0 Å². The summed E-state index contributed by atoms with van der Waals surface area (Å²) >= 11 is 5.18. The highest BCUT2D eigenvalue weighted by molar-refractivity contribution is 9.10. The van der Waals surface area contributed by atoms with Crippen molar-refractivity contribution in [1.82, 2.24) is 0 Å². The monoisotopic (exact) mass is 398 g/mol. The topological polar surface area (TPSA) is 0 Å². The highest BCUT2D eigenvalue weighted by atomic mass is 79.9. The Balaban J connectivity index is 1.93. The molecule has 1 heterocycles. The lowest BCUT2D eigenvalue weighted by molar-refractivity contribution is 0.511. The Labute approximate surface area is 148 Å². The van der Waals surface area contributed by atoms with Gasteiger partial charge in [-0.1, -0.05) is 22.0 Å². The summed E-state index contributed by atoms with van der Waals surface area (Å²) in [4.78, 5) is 0. The van der Waals surface area contributed by atoms with Crippen LogP contribution in [0.15, 0.2) is 59.1 Å². The van der Waals surface area contributed by atoms with Crippen molar-refractivity contribution in [1.29, 1.82) is 0 Å². The molecule has 0 fully saturated rings. The zero-order valence-corrected chi connectivity index (χ0v) is 14.6. The van der Waals surface area contributed by atoms with Crippen molar-refractivity contribution in [3.63, 3.8) is 0 Å². The number of hydrogen-bond acceptors (Lipinski definition) is 1. The molecular weight excluding hydrogens is 390 g/mol. The third-order valence-electron chi connectivity index (χ3n) is 4.39. The van der Waals surface area contributed by atoms with E-state index in [9.17, 15) is 8.78 Å². The van der Waals surface area contributed by atoms with Gasteiger partial charge in [-0.25, -0.2) is 8.78 Å². The fourth-order valence-electron chi connectivity index (χ4n) is 3.23. The summed E-state index contributed by atoms with van der Waals surface area (Å²) in [6.45, 7) is 0. The lowest BCUT2D eigenvalue weighted by Gasteiger charge is -2.02. The maximum atomic E-state index is 13.6. The first kappa shape index (κ1) is 14.3. The SMILES string of the molecule is Fc1cc2cc3sc4cc5cc(Br)ccc5cc4c3cc2cc1F. The first-order valence-corrected chi connectivity index (χ1v) is 9.04. The Morgan fingerprint density at radius 1 is 0.625 bits per heavy atom. The molecule has 0 N–H and O–H groups in total. The molecule has 1 aromatic heterocycles. The smallest absolute Gasteiger partial charge is 0.159 e. The molecule has 116 valence electrons. The first-order valence-electron chi connectivity index (χ1n) is 7.43. The van der Waals surface area contributed by atoms with Gasteiger partial charge in [-0.3, -0.25) is 0 Å². The number of halogens is 3. The predicted octanol–water partition coefficient (Wildman–Crippen LogP) is 7.40. The molecule has 4 heteroatoms. The standard InChI is InChI=1S/C20H9BrF2S/c21-14-2-1-10-4-15-16-5-12-6-17(22)18(23)7-13(12)9-20(16)24-19(15)8-11(10)3-14/h1-9H. The maximum absolute atomic E-state index is 13.6. The van der Waals surface area contributed by atoms with Gasteiger partial charge >= 0.3 is 0 Å². The van der Waals surface area contributed by atoms with Crippen molar-refractivity contribution < 1.29 is 8.78 Å². The van der Waals surface area contributed by atoms with E-state index in [0.29, 0.717) is 0 Å². The molecule has 5 rings (SSSR count). The second-order valence-electron chi connectivity index (χ2n) is 5.90. The average molecular weight is 399 g/mol. The van der Waals surface area contributed by atoms with Crippen LogP contribution in [0, 0.1) is 11.6 Å². The number of thiophene rings is 1. The van der Waals surface area contributed by atoms with Gasteiger partial charge in [-0.2, -0.15) is 0 Å². The van der Waals surface area contributed by atoms with E-state index < -0.39 is 11.6 Å². The van der Waals surface area contributed by atoms with Crippen molar-refractivity contribution in [2.75, 3.05) is 0 Å². The van der Waals surface area contributed by atoms with Crippen LogP contribution in [0.5, 0.6) is 0 Å². The summed E-state index contributed by atoms with van der Waals surface area (Å²) in [5.41, 5.74) is 0. The fourth-order valence-corrected chi connectivity index (χ4v) is 4.77. The van der Waals surface area contributed by atoms with Crippen molar-refractivity contribution in [3.05, 3.63) is 70.7 Å². The fraction of sp³-hybridized carbons (Fsp3) is 0. The molecule has 0 aliphatic heterocycles. The van der Waals surface area contributed by atoms with E-state index in [2.05, 4.69) is 40.2 Å². The quantitative estimate of drug-likeness (QED) is 0.255. The molecule has 0 atom stereocenters. The summed E-state index contributed by atoms with van der Waals surface area (Å²) in [5, 5.41) is 6.01. The zero-order valence-electron chi connectivity index (χ0n) is 12.2. The number of rotatable bonds is 0. The molecule has 0 spiro atoms. The Hall–Kier alpha value is -2.04. The van der Waals surface area contributed by atoms with Crippen molar-refractivity contribution in [2.24, 2.45) is 0 Å². The van der Waals surface area contributed by atoms with Crippen LogP contribution in [0.1, 0.15) is 0 Å². The highest BCUT2D eigenvalue weighted by Gasteiger charge is 2.10. The Bertz CT molecular complexity index is 1290. The molecule has 0 amide bonds. The van der Waals surface area contributed by atoms with E-state index in [1.165, 1.54) is 22.2 Å². The van der Waals surface area contributed by atoms with Crippen LogP contribution < -0.4 is 0 Å². The Morgan fingerprint density at radius 3 is 1.83 bits per heavy atom. The lowest BCUT2D eigenvalue weighted by atomic mass is 10.0. The van der Waals surface area contributed by atoms with Gasteiger partial charge in [0.05, 0.1) is 0 Å². The summed E-state index contributed by atoms with van der Waals surface area (Å²) in [6, 6.07) is 17.0. The molecule has 0 aliphatic carbocycles. The van der Waals surface area contributed by atoms with Crippen molar-refractivity contribution in [2.45, 2.75) is 0 Å². The van der Waals surface area contributed by atoms with Gasteiger partial charge in [-0.05, 0) is 70.1 Å². The summed E-state index contributed by atoms with van der Waals surface area (Å²) in [7, 11) is 0. The third-order valence-corrected chi connectivity index (χ3v) is 6.00. The van der Waals surface area contributed by atoms with E-state index in [1.54, 1.807) is 11.3 Å². The summed E-state index contributed by atoms with van der Waals surface area (Å²) in [5.74, 6) is -1.62. The minimum absolute atomic E-state index is 0.719. The lowest BCUT2D eigenvalue weighted by Crippen LogP contribution is -1.83. The molecule has 0 radical (unpaired) electrons. The van der Waals surface area contributed by atoms with Gasteiger partial charge in [0.25, 0.3) is 0 Å². The molecule has 0 bridgehead atoms. The summed E-state index contributed by atoms with van der Waals surface area (Å²) in [6.07, 6.45) is 0. The van der Waals surface area contributed by atoms with Crippen LogP contribution >= 0.6 is 27.3 Å². The molecule has 24 heavy (non-hydrogen) atoms. The van der Waals surface area contributed by atoms with Gasteiger partial charge in [-0.15, -0.1) is 11.3 Å². The molecule has 0 aliphatic rings. The first-order chi connectivity index (χ1) is 11.6. The highest BCUT2D eigenvalue weighted by Crippen LogP contribution is 2.39.